The predicted molar refractivity (Wildman–Crippen MR) is 58.0 cm³/mol. The molecule has 1 N–H and O–H groups in total. The maximum absolute atomic E-state index is 10.8. The van der Waals surface area contributed by atoms with Gasteiger partial charge < -0.3 is 14.6 Å². The monoisotopic (exact) mass is 222 g/mol. The number of hydrogen-bond acceptors (Lipinski definition) is 3. The van der Waals surface area contributed by atoms with Crippen LogP contribution in [-0.4, -0.2) is 25.3 Å². The van der Waals surface area contributed by atoms with Gasteiger partial charge in [-0.1, -0.05) is 6.07 Å². The summed E-state index contributed by atoms with van der Waals surface area (Å²) in [6.45, 7) is 0. The molecule has 0 spiro atoms. The predicted octanol–water partition coefficient (Wildman–Crippen LogP) is 1.89. The molecular formula is C12H14O4. The molecule has 4 heteroatoms. The second-order valence-corrected chi connectivity index (χ2v) is 3.90. The second-order valence-electron chi connectivity index (χ2n) is 3.90. The zero-order chi connectivity index (χ0) is 11.7. The van der Waals surface area contributed by atoms with Crippen molar-refractivity contribution >= 4 is 5.97 Å². The number of ether oxygens (including phenoxy) is 2. The molecule has 1 aromatic rings. The van der Waals surface area contributed by atoms with Crippen LogP contribution in [0.15, 0.2) is 18.2 Å². The number of aliphatic carboxylic acids is 1. The lowest BCUT2D eigenvalue weighted by Gasteiger charge is -2.08. The third-order valence-electron chi connectivity index (χ3n) is 2.94. The van der Waals surface area contributed by atoms with Crippen molar-refractivity contribution in [3.63, 3.8) is 0 Å². The molecule has 0 radical (unpaired) electrons. The van der Waals surface area contributed by atoms with E-state index in [2.05, 4.69) is 0 Å². The minimum absolute atomic E-state index is 0.123. The highest BCUT2D eigenvalue weighted by Gasteiger charge is 2.44. The smallest absolute Gasteiger partial charge is 0.307 e. The van der Waals surface area contributed by atoms with Crippen LogP contribution in [0.3, 0.4) is 0 Å². The van der Waals surface area contributed by atoms with E-state index in [0.717, 1.165) is 5.56 Å². The van der Waals surface area contributed by atoms with E-state index in [1.165, 1.54) is 0 Å². The van der Waals surface area contributed by atoms with Crippen molar-refractivity contribution in [2.24, 2.45) is 5.92 Å². The van der Waals surface area contributed by atoms with Crippen LogP contribution < -0.4 is 9.47 Å². The van der Waals surface area contributed by atoms with Crippen molar-refractivity contribution in [3.05, 3.63) is 23.8 Å². The lowest BCUT2D eigenvalue weighted by molar-refractivity contribution is -0.138. The van der Waals surface area contributed by atoms with Gasteiger partial charge in [0.15, 0.2) is 11.5 Å². The highest BCUT2D eigenvalue weighted by Crippen LogP contribution is 2.49. The standard InChI is InChI=1S/C12H14O4/c1-15-10-4-3-7(5-11(10)16-2)8-6-9(8)12(13)14/h3-5,8-9H,6H2,1-2H3,(H,13,14)/t8-,9-/m1/s1. The zero-order valence-corrected chi connectivity index (χ0v) is 9.27. The van der Waals surface area contributed by atoms with E-state index in [1.54, 1.807) is 14.2 Å². The molecule has 1 fully saturated rings. The van der Waals surface area contributed by atoms with Crippen LogP contribution >= 0.6 is 0 Å². The molecule has 1 aliphatic rings. The van der Waals surface area contributed by atoms with Crippen LogP contribution in [0.25, 0.3) is 0 Å². The quantitative estimate of drug-likeness (QED) is 0.845. The first-order valence-corrected chi connectivity index (χ1v) is 5.12. The first kappa shape index (κ1) is 10.8. The minimum atomic E-state index is -0.722. The van der Waals surface area contributed by atoms with Crippen LogP contribution in [0.1, 0.15) is 17.9 Å². The van der Waals surface area contributed by atoms with Gasteiger partial charge in [-0.2, -0.15) is 0 Å². The van der Waals surface area contributed by atoms with E-state index in [1.807, 2.05) is 18.2 Å². The molecule has 0 saturated heterocycles. The number of carboxylic acids is 1. The largest absolute Gasteiger partial charge is 0.493 e. The van der Waals surface area contributed by atoms with Crippen molar-refractivity contribution in [3.8, 4) is 11.5 Å². The lowest BCUT2D eigenvalue weighted by Crippen LogP contribution is -1.99. The number of rotatable bonds is 4. The summed E-state index contributed by atoms with van der Waals surface area (Å²) in [5.41, 5.74) is 1.00. The molecule has 2 rings (SSSR count). The Kier molecular flexibility index (Phi) is 2.73. The summed E-state index contributed by atoms with van der Waals surface area (Å²) in [5.74, 6) is 0.477. The van der Waals surface area contributed by atoms with Gasteiger partial charge in [0.25, 0.3) is 0 Å². The molecule has 0 heterocycles. The molecule has 16 heavy (non-hydrogen) atoms. The fraction of sp³-hybridized carbons (Fsp3) is 0.417. The van der Waals surface area contributed by atoms with Gasteiger partial charge in [0.05, 0.1) is 20.1 Å². The Labute approximate surface area is 93.8 Å². The number of benzene rings is 1. The van der Waals surface area contributed by atoms with Crippen LogP contribution in [0.5, 0.6) is 11.5 Å². The molecule has 2 atom stereocenters. The van der Waals surface area contributed by atoms with Crippen LogP contribution in [0, 0.1) is 5.92 Å². The molecule has 0 unspecified atom stereocenters. The fourth-order valence-corrected chi connectivity index (χ4v) is 1.92. The average molecular weight is 222 g/mol. The SMILES string of the molecule is COc1ccc([C@H]2C[C@H]2C(=O)O)cc1OC. The molecule has 0 aliphatic heterocycles. The maximum Gasteiger partial charge on any atom is 0.307 e. The molecule has 1 aromatic carbocycles. The van der Waals surface area contributed by atoms with Crippen LogP contribution in [0.2, 0.25) is 0 Å². The van der Waals surface area contributed by atoms with Gasteiger partial charge in [0.2, 0.25) is 0 Å². The van der Waals surface area contributed by atoms with Gasteiger partial charge in [-0.05, 0) is 30.0 Å². The van der Waals surface area contributed by atoms with E-state index in [-0.39, 0.29) is 11.8 Å². The summed E-state index contributed by atoms with van der Waals surface area (Å²) in [7, 11) is 3.15. The normalized spacial score (nSPS) is 22.6. The Morgan fingerprint density at radius 3 is 2.50 bits per heavy atom. The van der Waals surface area contributed by atoms with Gasteiger partial charge in [-0.15, -0.1) is 0 Å². The number of methoxy groups -OCH3 is 2. The first-order chi connectivity index (χ1) is 7.67. The van der Waals surface area contributed by atoms with E-state index < -0.39 is 5.97 Å². The van der Waals surface area contributed by atoms with Crippen molar-refractivity contribution in [2.75, 3.05) is 14.2 Å². The molecule has 4 nitrogen and oxygen atoms in total. The Bertz CT molecular complexity index is 413. The van der Waals surface area contributed by atoms with E-state index in [0.29, 0.717) is 17.9 Å². The highest BCUT2D eigenvalue weighted by molar-refractivity contribution is 5.75. The molecule has 86 valence electrons. The van der Waals surface area contributed by atoms with E-state index in [4.69, 9.17) is 14.6 Å². The minimum Gasteiger partial charge on any atom is -0.493 e. The third kappa shape index (κ3) is 1.83. The van der Waals surface area contributed by atoms with Crippen LogP contribution in [0.4, 0.5) is 0 Å². The molecule has 0 bridgehead atoms. The Morgan fingerprint density at radius 2 is 2.00 bits per heavy atom. The van der Waals surface area contributed by atoms with Gasteiger partial charge in [-0.3, -0.25) is 4.79 Å². The Hall–Kier alpha value is -1.71. The Balaban J connectivity index is 2.21. The topological polar surface area (TPSA) is 55.8 Å². The van der Waals surface area contributed by atoms with Crippen molar-refractivity contribution in [2.45, 2.75) is 12.3 Å². The van der Waals surface area contributed by atoms with Gasteiger partial charge >= 0.3 is 5.97 Å². The molecule has 0 amide bonds. The van der Waals surface area contributed by atoms with Gasteiger partial charge in [0.1, 0.15) is 0 Å². The molecule has 0 aromatic heterocycles. The lowest BCUT2D eigenvalue weighted by atomic mass is 10.1. The molecule has 1 saturated carbocycles. The number of hydrogen-bond donors (Lipinski definition) is 1. The number of carboxylic acid groups (broad SMARTS) is 1. The van der Waals surface area contributed by atoms with Crippen molar-refractivity contribution in [1.29, 1.82) is 0 Å². The summed E-state index contributed by atoms with van der Waals surface area (Å²) >= 11 is 0. The van der Waals surface area contributed by atoms with Gasteiger partial charge in [0, 0.05) is 0 Å². The second kappa shape index (κ2) is 4.04. The summed E-state index contributed by atoms with van der Waals surface area (Å²) in [6, 6.07) is 5.56. The Morgan fingerprint density at radius 1 is 1.31 bits per heavy atom. The van der Waals surface area contributed by atoms with Crippen molar-refractivity contribution < 1.29 is 19.4 Å². The summed E-state index contributed by atoms with van der Waals surface area (Å²) in [6.07, 6.45) is 0.713. The number of carbonyl (C=O) groups is 1. The van der Waals surface area contributed by atoms with E-state index >= 15 is 0 Å². The summed E-state index contributed by atoms with van der Waals surface area (Å²) < 4.78 is 10.3. The summed E-state index contributed by atoms with van der Waals surface area (Å²) in [5, 5.41) is 8.86. The summed E-state index contributed by atoms with van der Waals surface area (Å²) in [4.78, 5) is 10.8. The zero-order valence-electron chi connectivity index (χ0n) is 9.27. The molecular weight excluding hydrogens is 208 g/mol. The highest BCUT2D eigenvalue weighted by atomic mass is 16.5. The van der Waals surface area contributed by atoms with E-state index in [9.17, 15) is 4.79 Å². The fourth-order valence-electron chi connectivity index (χ4n) is 1.92. The average Bonchev–Trinajstić information content (AvgIpc) is 3.08. The van der Waals surface area contributed by atoms with Crippen LogP contribution in [-0.2, 0) is 4.79 Å². The van der Waals surface area contributed by atoms with Crippen molar-refractivity contribution in [1.82, 2.24) is 0 Å². The first-order valence-electron chi connectivity index (χ1n) is 5.12. The maximum atomic E-state index is 10.8. The van der Waals surface area contributed by atoms with Gasteiger partial charge in [-0.25, -0.2) is 0 Å². The molecule has 1 aliphatic carbocycles. The third-order valence-corrected chi connectivity index (χ3v) is 2.94.